The van der Waals surface area contributed by atoms with Crippen molar-refractivity contribution >= 4 is 21.7 Å². The summed E-state index contributed by atoms with van der Waals surface area (Å²) in [6.45, 7) is 0. The lowest BCUT2D eigenvalue weighted by molar-refractivity contribution is 0.0977. The van der Waals surface area contributed by atoms with Gasteiger partial charge in [0.05, 0.1) is 11.8 Å². The van der Waals surface area contributed by atoms with Crippen LogP contribution in [0.3, 0.4) is 0 Å². The van der Waals surface area contributed by atoms with Crippen LogP contribution in [0.4, 0.5) is 0 Å². The van der Waals surface area contributed by atoms with Crippen molar-refractivity contribution in [3.63, 3.8) is 0 Å². The first-order valence-electron chi connectivity index (χ1n) is 5.33. The van der Waals surface area contributed by atoms with Crippen LogP contribution in [0.1, 0.15) is 22.0 Å². The minimum absolute atomic E-state index is 0.247. The van der Waals surface area contributed by atoms with E-state index in [1.165, 1.54) is 0 Å². The van der Waals surface area contributed by atoms with E-state index in [1.54, 1.807) is 42.6 Å². The molecule has 0 saturated carbocycles. The van der Waals surface area contributed by atoms with Crippen LogP contribution >= 0.6 is 15.9 Å². The van der Waals surface area contributed by atoms with Gasteiger partial charge in [-0.1, -0.05) is 40.2 Å². The fourth-order valence-electron chi connectivity index (χ4n) is 1.62. The van der Waals surface area contributed by atoms with Crippen molar-refractivity contribution in [1.29, 1.82) is 5.26 Å². The summed E-state index contributed by atoms with van der Waals surface area (Å²) in [5, 5.41) is 9.18. The van der Waals surface area contributed by atoms with Gasteiger partial charge < -0.3 is 0 Å². The van der Waals surface area contributed by atoms with Gasteiger partial charge >= 0.3 is 0 Å². The van der Waals surface area contributed by atoms with Crippen LogP contribution in [0.25, 0.3) is 0 Å². The van der Waals surface area contributed by atoms with Crippen molar-refractivity contribution in [3.8, 4) is 6.07 Å². The first-order valence-corrected chi connectivity index (χ1v) is 6.12. The third kappa shape index (κ3) is 2.47. The van der Waals surface area contributed by atoms with E-state index in [2.05, 4.69) is 20.9 Å². The Morgan fingerprint density at radius 2 is 1.94 bits per heavy atom. The zero-order valence-electron chi connectivity index (χ0n) is 9.38. The second-order valence-electron chi connectivity index (χ2n) is 3.66. The summed E-state index contributed by atoms with van der Waals surface area (Å²) in [6, 6.07) is 14.3. The molecule has 1 aromatic carbocycles. The minimum atomic E-state index is -0.870. The largest absolute Gasteiger partial charge is 0.292 e. The zero-order chi connectivity index (χ0) is 13.0. The third-order valence-electron chi connectivity index (χ3n) is 2.51. The molecule has 3 nitrogen and oxygen atoms in total. The van der Waals surface area contributed by atoms with Crippen molar-refractivity contribution in [1.82, 2.24) is 4.98 Å². The van der Waals surface area contributed by atoms with Gasteiger partial charge in [-0.3, -0.25) is 9.78 Å². The summed E-state index contributed by atoms with van der Waals surface area (Å²) in [5.41, 5.74) is 0.968. The number of ketones is 1. The van der Waals surface area contributed by atoms with E-state index >= 15 is 0 Å². The van der Waals surface area contributed by atoms with Crippen molar-refractivity contribution in [2.75, 3.05) is 0 Å². The highest BCUT2D eigenvalue weighted by atomic mass is 79.9. The first-order chi connectivity index (χ1) is 8.74. The number of carbonyl (C=O) groups is 1. The molecule has 0 N–H and O–H groups in total. The fourth-order valence-corrected chi connectivity index (χ4v) is 2.10. The third-order valence-corrected chi connectivity index (χ3v) is 3.21. The molecule has 2 aromatic rings. The van der Waals surface area contributed by atoms with Crippen molar-refractivity contribution < 1.29 is 4.79 Å². The number of rotatable bonds is 3. The summed E-state index contributed by atoms with van der Waals surface area (Å²) in [5.74, 6) is -1.12. The van der Waals surface area contributed by atoms with Crippen LogP contribution in [0.5, 0.6) is 0 Å². The maximum Gasteiger partial charge on any atom is 0.187 e. The Bertz CT molecular complexity index is 605. The van der Waals surface area contributed by atoms with E-state index in [4.69, 9.17) is 0 Å². The SMILES string of the molecule is N#C[C@@H](C(=O)c1ccccc1Br)c1ccccn1. The van der Waals surface area contributed by atoms with E-state index in [1.807, 2.05) is 12.1 Å². The normalized spacial score (nSPS) is 11.6. The number of Topliss-reactive ketones (excluding diaryl/α,β-unsaturated/α-hetero) is 1. The lowest BCUT2D eigenvalue weighted by Gasteiger charge is -2.08. The summed E-state index contributed by atoms with van der Waals surface area (Å²) in [7, 11) is 0. The average Bonchev–Trinajstić information content (AvgIpc) is 2.41. The Balaban J connectivity index is 2.39. The number of nitriles is 1. The van der Waals surface area contributed by atoms with Crippen LogP contribution in [-0.4, -0.2) is 10.8 Å². The summed E-state index contributed by atoms with van der Waals surface area (Å²) in [6.07, 6.45) is 1.58. The van der Waals surface area contributed by atoms with Gasteiger partial charge in [0.2, 0.25) is 0 Å². The van der Waals surface area contributed by atoms with Gasteiger partial charge in [0.15, 0.2) is 11.7 Å². The lowest BCUT2D eigenvalue weighted by Crippen LogP contribution is -2.13. The van der Waals surface area contributed by atoms with Crippen molar-refractivity contribution in [3.05, 3.63) is 64.4 Å². The number of carbonyl (C=O) groups excluding carboxylic acids is 1. The maximum atomic E-state index is 12.3. The molecule has 2 rings (SSSR count). The van der Waals surface area contributed by atoms with Crippen LogP contribution < -0.4 is 0 Å². The molecule has 0 bridgehead atoms. The maximum absolute atomic E-state index is 12.3. The molecule has 88 valence electrons. The molecule has 1 atom stereocenters. The molecule has 0 unspecified atom stereocenters. The number of aromatic nitrogens is 1. The standard InChI is InChI=1S/C14H9BrN2O/c15-12-6-2-1-5-10(12)14(18)11(9-16)13-7-3-4-8-17-13/h1-8,11H/t11-/m1/s1. The van der Waals surface area contributed by atoms with Crippen molar-refractivity contribution in [2.24, 2.45) is 0 Å². The van der Waals surface area contributed by atoms with E-state index in [9.17, 15) is 10.1 Å². The van der Waals surface area contributed by atoms with Crippen LogP contribution in [0, 0.1) is 11.3 Å². The van der Waals surface area contributed by atoms with Gasteiger partial charge in [-0.05, 0) is 18.2 Å². The molecular formula is C14H9BrN2O. The van der Waals surface area contributed by atoms with Crippen LogP contribution in [0.2, 0.25) is 0 Å². The highest BCUT2D eigenvalue weighted by Crippen LogP contribution is 2.23. The number of benzene rings is 1. The van der Waals surface area contributed by atoms with Gasteiger partial charge in [-0.25, -0.2) is 0 Å². The molecule has 1 aromatic heterocycles. The molecule has 0 saturated heterocycles. The zero-order valence-corrected chi connectivity index (χ0v) is 11.0. The topological polar surface area (TPSA) is 53.8 Å². The predicted octanol–water partition coefficient (Wildman–Crippen LogP) is 3.33. The number of pyridine rings is 1. The molecule has 0 amide bonds. The average molecular weight is 301 g/mol. The van der Waals surface area contributed by atoms with E-state index in [-0.39, 0.29) is 5.78 Å². The number of nitrogens with zero attached hydrogens (tertiary/aromatic N) is 2. The Hall–Kier alpha value is -1.99. The second kappa shape index (κ2) is 5.56. The molecule has 0 spiro atoms. The second-order valence-corrected chi connectivity index (χ2v) is 4.52. The van der Waals surface area contributed by atoms with E-state index in [0.29, 0.717) is 15.7 Å². The van der Waals surface area contributed by atoms with Gasteiger partial charge in [0.25, 0.3) is 0 Å². The Morgan fingerprint density at radius 3 is 2.56 bits per heavy atom. The van der Waals surface area contributed by atoms with Crippen LogP contribution in [0.15, 0.2) is 53.1 Å². The monoisotopic (exact) mass is 300 g/mol. The minimum Gasteiger partial charge on any atom is -0.292 e. The predicted molar refractivity (Wildman–Crippen MR) is 71.1 cm³/mol. The summed E-state index contributed by atoms with van der Waals surface area (Å²) >= 11 is 3.32. The number of halogens is 1. The molecule has 4 heteroatoms. The molecule has 0 radical (unpaired) electrons. The molecule has 1 heterocycles. The van der Waals surface area contributed by atoms with Gasteiger partial charge in [-0.2, -0.15) is 5.26 Å². The smallest absolute Gasteiger partial charge is 0.187 e. The molecule has 0 aliphatic heterocycles. The summed E-state index contributed by atoms with van der Waals surface area (Å²) < 4.78 is 0.686. The molecule has 0 fully saturated rings. The molecule has 18 heavy (non-hydrogen) atoms. The lowest BCUT2D eigenvalue weighted by atomic mass is 9.95. The van der Waals surface area contributed by atoms with Gasteiger partial charge in [0.1, 0.15) is 0 Å². The van der Waals surface area contributed by atoms with Gasteiger partial charge in [0, 0.05) is 16.2 Å². The molecular weight excluding hydrogens is 292 g/mol. The highest BCUT2D eigenvalue weighted by Gasteiger charge is 2.24. The van der Waals surface area contributed by atoms with Crippen LogP contribution in [-0.2, 0) is 0 Å². The Morgan fingerprint density at radius 1 is 1.22 bits per heavy atom. The van der Waals surface area contributed by atoms with Gasteiger partial charge in [-0.15, -0.1) is 0 Å². The Kier molecular flexibility index (Phi) is 3.85. The highest BCUT2D eigenvalue weighted by molar-refractivity contribution is 9.10. The Labute approximate surface area is 113 Å². The van der Waals surface area contributed by atoms with E-state index < -0.39 is 5.92 Å². The number of hydrogen-bond acceptors (Lipinski definition) is 3. The first kappa shape index (κ1) is 12.5. The van der Waals surface area contributed by atoms with Crippen molar-refractivity contribution in [2.45, 2.75) is 5.92 Å². The summed E-state index contributed by atoms with van der Waals surface area (Å²) in [4.78, 5) is 16.4. The number of hydrogen-bond donors (Lipinski definition) is 0. The molecule has 0 aliphatic carbocycles. The molecule has 0 aliphatic rings. The fraction of sp³-hybridized carbons (Fsp3) is 0.0714. The quantitative estimate of drug-likeness (QED) is 0.817. The van der Waals surface area contributed by atoms with E-state index in [0.717, 1.165) is 0 Å².